The Hall–Kier alpha value is -2.27. The lowest BCUT2D eigenvalue weighted by atomic mass is 10.0. The molecular weight excluding hydrogens is 440 g/mol. The number of nitrogens with zero attached hydrogens (tertiary/aromatic N) is 1. The van der Waals surface area contributed by atoms with Gasteiger partial charge < -0.3 is 10.4 Å². The van der Waals surface area contributed by atoms with E-state index in [2.05, 4.69) is 69.2 Å². The molecule has 0 fully saturated rings. The number of aromatic nitrogens is 1. The van der Waals surface area contributed by atoms with Crippen molar-refractivity contribution in [1.82, 2.24) is 4.98 Å². The van der Waals surface area contributed by atoms with Gasteiger partial charge in [0.2, 0.25) is 0 Å². The second kappa shape index (κ2) is 17.2. The fraction of sp³-hybridized carbons (Fsp3) is 0.517. The molecule has 0 amide bonds. The predicted octanol–water partition coefficient (Wildman–Crippen LogP) is 8.13. The Balaban J connectivity index is 2.31. The van der Waals surface area contributed by atoms with Crippen LogP contribution in [0, 0.1) is 6.92 Å². The van der Waals surface area contributed by atoms with Crippen LogP contribution in [0.1, 0.15) is 78.7 Å². The number of aliphatic carboxylic acids is 1. The molecule has 1 aromatic rings. The molecule has 0 spiro atoms. The molecule has 1 rings (SSSR count). The van der Waals surface area contributed by atoms with Crippen LogP contribution in [0.5, 0.6) is 0 Å². The van der Waals surface area contributed by atoms with Crippen molar-refractivity contribution in [2.24, 2.45) is 0 Å². The summed E-state index contributed by atoms with van der Waals surface area (Å²) < 4.78 is 0. The molecule has 1 aromatic heterocycles. The third-order valence-corrected chi connectivity index (χ3v) is 6.50. The summed E-state index contributed by atoms with van der Waals surface area (Å²) >= 11 is 1.63. The highest BCUT2D eigenvalue weighted by atomic mass is 32.2. The van der Waals surface area contributed by atoms with E-state index < -0.39 is 12.0 Å². The van der Waals surface area contributed by atoms with E-state index in [1.807, 2.05) is 19.1 Å². The number of hydrogen-bond acceptors (Lipinski definition) is 4. The van der Waals surface area contributed by atoms with E-state index >= 15 is 0 Å². The van der Waals surface area contributed by atoms with Crippen molar-refractivity contribution in [3.63, 3.8) is 0 Å². The van der Waals surface area contributed by atoms with E-state index in [0.29, 0.717) is 11.6 Å². The fourth-order valence-electron chi connectivity index (χ4n) is 3.34. The van der Waals surface area contributed by atoms with E-state index in [1.54, 1.807) is 18.0 Å². The first-order valence-electron chi connectivity index (χ1n) is 12.3. The summed E-state index contributed by atoms with van der Waals surface area (Å²) in [5.74, 6) is 1.07. The Labute approximate surface area is 211 Å². The summed E-state index contributed by atoms with van der Waals surface area (Å²) in [6, 6.07) is 3.11. The Morgan fingerprint density at radius 2 is 1.53 bits per heavy atom. The van der Waals surface area contributed by atoms with Gasteiger partial charge in [-0.15, -0.1) is 0 Å². The maximum absolute atomic E-state index is 11.6. The first kappa shape index (κ1) is 29.8. The van der Waals surface area contributed by atoms with Gasteiger partial charge in [-0.05, 0) is 97.8 Å². The molecule has 0 aromatic carbocycles. The van der Waals surface area contributed by atoms with Gasteiger partial charge in [-0.3, -0.25) is 0 Å². The van der Waals surface area contributed by atoms with E-state index in [0.717, 1.165) is 49.8 Å². The van der Waals surface area contributed by atoms with Crippen LogP contribution >= 0.6 is 11.8 Å². The molecule has 0 aliphatic heterocycles. The minimum Gasteiger partial charge on any atom is -0.480 e. The summed E-state index contributed by atoms with van der Waals surface area (Å²) in [5.41, 5.74) is 6.74. The Morgan fingerprint density at radius 1 is 0.971 bits per heavy atom. The average molecular weight is 485 g/mol. The SMILES string of the molecule is CC(C)=CCC/C(C)=C/CC/C(C)=C/CC/C(C)=C/CSCC(Nc1cc(C)ccn1)C(=O)O. The molecule has 0 saturated carbocycles. The average Bonchev–Trinajstić information content (AvgIpc) is 2.75. The lowest BCUT2D eigenvalue weighted by molar-refractivity contribution is -0.137. The summed E-state index contributed by atoms with van der Waals surface area (Å²) in [5, 5.41) is 12.5. The van der Waals surface area contributed by atoms with Gasteiger partial charge in [-0.2, -0.15) is 11.8 Å². The third kappa shape index (κ3) is 14.8. The Bertz CT molecular complexity index is 880. The van der Waals surface area contributed by atoms with E-state index in [9.17, 15) is 9.90 Å². The molecule has 34 heavy (non-hydrogen) atoms. The highest BCUT2D eigenvalue weighted by Crippen LogP contribution is 2.15. The van der Waals surface area contributed by atoms with Crippen LogP contribution in [-0.2, 0) is 4.79 Å². The first-order valence-corrected chi connectivity index (χ1v) is 13.4. The number of aryl methyl sites for hydroxylation is 1. The molecule has 0 radical (unpaired) electrons. The molecule has 5 heteroatoms. The molecule has 0 bridgehead atoms. The number of carbonyl (C=O) groups is 1. The third-order valence-electron chi connectivity index (χ3n) is 5.52. The van der Waals surface area contributed by atoms with Crippen LogP contribution in [0.15, 0.2) is 64.9 Å². The molecular formula is C29H44N2O2S. The van der Waals surface area contributed by atoms with Gasteiger partial charge in [0, 0.05) is 17.7 Å². The Morgan fingerprint density at radius 3 is 2.06 bits per heavy atom. The molecule has 1 atom stereocenters. The van der Waals surface area contributed by atoms with Gasteiger partial charge in [0.15, 0.2) is 0 Å². The monoisotopic (exact) mass is 484 g/mol. The van der Waals surface area contributed by atoms with Crippen molar-refractivity contribution in [3.05, 3.63) is 70.5 Å². The number of thioether (sulfide) groups is 1. The highest BCUT2D eigenvalue weighted by molar-refractivity contribution is 7.99. The number of nitrogens with one attached hydrogen (secondary N) is 1. The van der Waals surface area contributed by atoms with Gasteiger partial charge in [-0.25, -0.2) is 9.78 Å². The van der Waals surface area contributed by atoms with Crippen LogP contribution < -0.4 is 5.32 Å². The molecule has 0 aliphatic carbocycles. The largest absolute Gasteiger partial charge is 0.480 e. The molecule has 1 unspecified atom stereocenters. The van der Waals surface area contributed by atoms with Crippen LogP contribution in [-0.4, -0.2) is 33.6 Å². The quantitative estimate of drug-likeness (QED) is 0.183. The number of carboxylic acids is 1. The summed E-state index contributed by atoms with van der Waals surface area (Å²) in [4.78, 5) is 15.8. The lowest BCUT2D eigenvalue weighted by Gasteiger charge is -2.14. The zero-order valence-electron chi connectivity index (χ0n) is 22.0. The number of allylic oxidation sites excluding steroid dienone is 7. The zero-order chi connectivity index (χ0) is 25.3. The maximum atomic E-state index is 11.6. The molecule has 0 saturated heterocycles. The lowest BCUT2D eigenvalue weighted by Crippen LogP contribution is -2.32. The van der Waals surface area contributed by atoms with E-state index in [4.69, 9.17) is 0 Å². The fourth-order valence-corrected chi connectivity index (χ4v) is 4.34. The van der Waals surface area contributed by atoms with E-state index in [-0.39, 0.29) is 0 Å². The smallest absolute Gasteiger partial charge is 0.327 e. The summed E-state index contributed by atoms with van der Waals surface area (Å²) in [7, 11) is 0. The zero-order valence-corrected chi connectivity index (χ0v) is 22.8. The van der Waals surface area contributed by atoms with Gasteiger partial charge in [0.1, 0.15) is 11.9 Å². The standard InChI is InChI=1S/C29H44N2O2S/c1-22(2)10-7-11-23(3)12-8-13-24(4)14-9-15-25(5)17-19-34-21-27(29(32)33)31-28-20-26(6)16-18-30-28/h10,12,14,16-18,20,27H,7-9,11,13,15,19,21H2,1-6H3,(H,30,31)(H,32,33)/b23-12+,24-14+,25-17+. The second-order valence-electron chi connectivity index (χ2n) is 9.34. The maximum Gasteiger partial charge on any atom is 0.327 e. The van der Waals surface area contributed by atoms with Crippen LogP contribution in [0.3, 0.4) is 0 Å². The molecule has 1 heterocycles. The normalized spacial score (nSPS) is 13.5. The van der Waals surface area contributed by atoms with Crippen molar-refractivity contribution >= 4 is 23.5 Å². The number of anilines is 1. The van der Waals surface area contributed by atoms with Crippen molar-refractivity contribution in [1.29, 1.82) is 0 Å². The molecule has 4 nitrogen and oxygen atoms in total. The summed E-state index contributed by atoms with van der Waals surface area (Å²) in [6.45, 7) is 12.9. The van der Waals surface area contributed by atoms with Gasteiger partial charge >= 0.3 is 5.97 Å². The van der Waals surface area contributed by atoms with Gasteiger partial charge in [-0.1, -0.05) is 46.6 Å². The highest BCUT2D eigenvalue weighted by Gasteiger charge is 2.17. The first-order chi connectivity index (χ1) is 16.2. The van der Waals surface area contributed by atoms with Crippen LogP contribution in [0.25, 0.3) is 0 Å². The number of hydrogen-bond donors (Lipinski definition) is 2. The van der Waals surface area contributed by atoms with E-state index in [1.165, 1.54) is 22.3 Å². The predicted molar refractivity (Wildman–Crippen MR) is 150 cm³/mol. The van der Waals surface area contributed by atoms with Gasteiger partial charge in [0.25, 0.3) is 0 Å². The molecule has 0 aliphatic rings. The molecule has 188 valence electrons. The minimum absolute atomic E-state index is 0.495. The second-order valence-corrected chi connectivity index (χ2v) is 10.4. The molecule has 2 N–H and O–H groups in total. The van der Waals surface area contributed by atoms with Crippen LogP contribution in [0.4, 0.5) is 5.82 Å². The summed E-state index contributed by atoms with van der Waals surface area (Å²) in [6.07, 6.45) is 17.6. The van der Waals surface area contributed by atoms with Crippen molar-refractivity contribution < 1.29 is 9.90 Å². The van der Waals surface area contributed by atoms with Crippen LogP contribution in [0.2, 0.25) is 0 Å². The van der Waals surface area contributed by atoms with Crippen molar-refractivity contribution in [2.45, 2.75) is 86.1 Å². The van der Waals surface area contributed by atoms with Crippen molar-refractivity contribution in [2.75, 3.05) is 16.8 Å². The minimum atomic E-state index is -0.852. The topological polar surface area (TPSA) is 62.2 Å². The van der Waals surface area contributed by atoms with Crippen molar-refractivity contribution in [3.8, 4) is 0 Å². The number of pyridine rings is 1. The Kier molecular flexibility index (Phi) is 15.1. The number of rotatable bonds is 16. The number of carboxylic acid groups (broad SMARTS) is 1. The van der Waals surface area contributed by atoms with Gasteiger partial charge in [0.05, 0.1) is 0 Å².